The van der Waals surface area contributed by atoms with Gasteiger partial charge in [-0.25, -0.2) is 13.1 Å². The minimum Gasteiger partial charge on any atom is -0.493 e. The van der Waals surface area contributed by atoms with Gasteiger partial charge in [-0.15, -0.1) is 0 Å². The summed E-state index contributed by atoms with van der Waals surface area (Å²) in [6.45, 7) is 2.50. The van der Waals surface area contributed by atoms with E-state index in [-0.39, 0.29) is 11.4 Å². The average molecular weight is 397 g/mol. The number of methoxy groups -OCH3 is 1. The summed E-state index contributed by atoms with van der Waals surface area (Å²) < 4.78 is 38.7. The quantitative estimate of drug-likeness (QED) is 0.623. The molecule has 0 spiro atoms. The maximum Gasteiger partial charge on any atom is 0.240 e. The molecule has 146 valence electrons. The smallest absolute Gasteiger partial charge is 0.240 e. The van der Waals surface area contributed by atoms with Crippen LogP contribution in [-0.4, -0.2) is 15.5 Å². The molecule has 0 aliphatic carbocycles. The van der Waals surface area contributed by atoms with Crippen molar-refractivity contribution in [2.24, 2.45) is 0 Å². The van der Waals surface area contributed by atoms with Gasteiger partial charge in [-0.1, -0.05) is 54.1 Å². The maximum atomic E-state index is 12.4. The highest BCUT2D eigenvalue weighted by Gasteiger charge is 2.14. The van der Waals surface area contributed by atoms with Crippen molar-refractivity contribution in [3.05, 3.63) is 89.5 Å². The SMILES string of the molecule is COc1cc(CNS(=O)(=O)c2ccc(C)cc2)ccc1OCc1ccccc1. The van der Waals surface area contributed by atoms with E-state index < -0.39 is 10.0 Å². The molecule has 3 rings (SSSR count). The molecule has 5 nitrogen and oxygen atoms in total. The lowest BCUT2D eigenvalue weighted by molar-refractivity contribution is 0.284. The third kappa shape index (κ3) is 5.12. The molecule has 3 aromatic rings. The van der Waals surface area contributed by atoms with Gasteiger partial charge in [0.25, 0.3) is 0 Å². The number of nitrogens with one attached hydrogen (secondary N) is 1. The summed E-state index contributed by atoms with van der Waals surface area (Å²) in [4.78, 5) is 0.243. The monoisotopic (exact) mass is 397 g/mol. The third-order valence-electron chi connectivity index (χ3n) is 4.26. The van der Waals surface area contributed by atoms with Crippen molar-refractivity contribution in [1.29, 1.82) is 0 Å². The fourth-order valence-corrected chi connectivity index (χ4v) is 3.67. The minimum absolute atomic E-state index is 0.158. The number of aryl methyl sites for hydroxylation is 1. The van der Waals surface area contributed by atoms with Crippen LogP contribution in [0.2, 0.25) is 0 Å². The Labute approximate surface area is 166 Å². The summed E-state index contributed by atoms with van der Waals surface area (Å²) in [6.07, 6.45) is 0. The Morgan fingerprint density at radius 2 is 1.57 bits per heavy atom. The van der Waals surface area contributed by atoms with E-state index in [1.807, 2.05) is 43.3 Å². The fraction of sp³-hybridized carbons (Fsp3) is 0.182. The first-order valence-corrected chi connectivity index (χ1v) is 10.4. The van der Waals surface area contributed by atoms with Crippen molar-refractivity contribution >= 4 is 10.0 Å². The molecule has 0 heterocycles. The second kappa shape index (κ2) is 8.91. The molecule has 0 aromatic heterocycles. The van der Waals surface area contributed by atoms with Gasteiger partial charge in [0.2, 0.25) is 10.0 Å². The van der Waals surface area contributed by atoms with Gasteiger partial charge in [-0.2, -0.15) is 0 Å². The van der Waals surface area contributed by atoms with Gasteiger partial charge in [0.05, 0.1) is 12.0 Å². The molecule has 0 fully saturated rings. The van der Waals surface area contributed by atoms with Crippen molar-refractivity contribution in [3.63, 3.8) is 0 Å². The molecule has 0 saturated heterocycles. The lowest BCUT2D eigenvalue weighted by atomic mass is 10.2. The van der Waals surface area contributed by atoms with E-state index in [0.29, 0.717) is 18.1 Å². The van der Waals surface area contributed by atoms with Gasteiger partial charge < -0.3 is 9.47 Å². The number of rotatable bonds is 8. The van der Waals surface area contributed by atoms with Gasteiger partial charge in [0.1, 0.15) is 6.61 Å². The largest absolute Gasteiger partial charge is 0.493 e. The number of sulfonamides is 1. The maximum absolute atomic E-state index is 12.4. The highest BCUT2D eigenvalue weighted by Crippen LogP contribution is 2.29. The highest BCUT2D eigenvalue weighted by molar-refractivity contribution is 7.89. The van der Waals surface area contributed by atoms with Crippen LogP contribution < -0.4 is 14.2 Å². The minimum atomic E-state index is -3.57. The summed E-state index contributed by atoms with van der Waals surface area (Å²) in [7, 11) is -2.01. The zero-order chi connectivity index (χ0) is 20.0. The van der Waals surface area contributed by atoms with Gasteiger partial charge in [0, 0.05) is 6.54 Å². The number of benzene rings is 3. The molecule has 6 heteroatoms. The Morgan fingerprint density at radius 1 is 0.857 bits per heavy atom. The molecule has 0 aliphatic heterocycles. The molecule has 0 amide bonds. The van der Waals surface area contributed by atoms with E-state index in [2.05, 4.69) is 4.72 Å². The molecule has 0 aliphatic rings. The summed E-state index contributed by atoms with van der Waals surface area (Å²) in [6, 6.07) is 22.0. The zero-order valence-corrected chi connectivity index (χ0v) is 16.7. The molecule has 0 saturated carbocycles. The van der Waals surface area contributed by atoms with Crippen LogP contribution in [-0.2, 0) is 23.2 Å². The van der Waals surface area contributed by atoms with E-state index >= 15 is 0 Å². The molecule has 0 radical (unpaired) electrons. The second-order valence-electron chi connectivity index (χ2n) is 6.40. The Bertz CT molecular complexity index is 1020. The molecule has 28 heavy (non-hydrogen) atoms. The van der Waals surface area contributed by atoms with Crippen molar-refractivity contribution < 1.29 is 17.9 Å². The highest BCUT2D eigenvalue weighted by atomic mass is 32.2. The van der Waals surface area contributed by atoms with Crippen molar-refractivity contribution in [2.75, 3.05) is 7.11 Å². The average Bonchev–Trinajstić information content (AvgIpc) is 2.72. The summed E-state index contributed by atoms with van der Waals surface area (Å²) in [5.74, 6) is 1.17. The Hall–Kier alpha value is -2.83. The van der Waals surface area contributed by atoms with E-state index in [1.165, 1.54) is 0 Å². The first kappa shape index (κ1) is 19.9. The van der Waals surface area contributed by atoms with Crippen LogP contribution >= 0.6 is 0 Å². The molecular formula is C22H23NO4S. The molecule has 0 bridgehead atoms. The number of ether oxygens (including phenoxy) is 2. The number of hydrogen-bond donors (Lipinski definition) is 1. The van der Waals surface area contributed by atoms with Crippen LogP contribution in [0.25, 0.3) is 0 Å². The molecular weight excluding hydrogens is 374 g/mol. The van der Waals surface area contributed by atoms with E-state index in [9.17, 15) is 8.42 Å². The van der Waals surface area contributed by atoms with Crippen LogP contribution in [0, 0.1) is 6.92 Å². The van der Waals surface area contributed by atoms with E-state index in [1.54, 1.807) is 43.5 Å². The van der Waals surface area contributed by atoms with Crippen LogP contribution in [0.3, 0.4) is 0 Å². The van der Waals surface area contributed by atoms with Crippen LogP contribution in [0.1, 0.15) is 16.7 Å². The first-order valence-electron chi connectivity index (χ1n) is 8.88. The summed E-state index contributed by atoms with van der Waals surface area (Å²) >= 11 is 0. The normalized spacial score (nSPS) is 11.2. The Balaban J connectivity index is 1.67. The molecule has 0 atom stereocenters. The van der Waals surface area contributed by atoms with Crippen molar-refractivity contribution in [1.82, 2.24) is 4.72 Å². The van der Waals surface area contributed by atoms with Crippen molar-refractivity contribution in [2.45, 2.75) is 25.0 Å². The van der Waals surface area contributed by atoms with Gasteiger partial charge >= 0.3 is 0 Å². The van der Waals surface area contributed by atoms with Gasteiger partial charge in [0.15, 0.2) is 11.5 Å². The lowest BCUT2D eigenvalue weighted by Gasteiger charge is -2.13. The Morgan fingerprint density at radius 3 is 2.25 bits per heavy atom. The molecule has 1 N–H and O–H groups in total. The van der Waals surface area contributed by atoms with E-state index in [0.717, 1.165) is 16.7 Å². The van der Waals surface area contributed by atoms with Gasteiger partial charge in [-0.05, 0) is 42.3 Å². The standard InChI is InChI=1S/C22H23NO4S/c1-17-8-11-20(12-9-17)28(24,25)23-15-19-10-13-21(22(14-19)26-2)27-16-18-6-4-3-5-7-18/h3-14,23H,15-16H2,1-2H3. The molecule has 0 unspecified atom stereocenters. The summed E-state index contributed by atoms with van der Waals surface area (Å²) in [5.41, 5.74) is 2.84. The van der Waals surface area contributed by atoms with Crippen molar-refractivity contribution in [3.8, 4) is 11.5 Å². The zero-order valence-electron chi connectivity index (χ0n) is 15.9. The Kier molecular flexibility index (Phi) is 6.34. The summed E-state index contributed by atoms with van der Waals surface area (Å²) in [5, 5.41) is 0. The number of hydrogen-bond acceptors (Lipinski definition) is 4. The molecule has 3 aromatic carbocycles. The van der Waals surface area contributed by atoms with Crippen LogP contribution in [0.5, 0.6) is 11.5 Å². The predicted molar refractivity (Wildman–Crippen MR) is 109 cm³/mol. The van der Waals surface area contributed by atoms with Gasteiger partial charge in [-0.3, -0.25) is 0 Å². The van der Waals surface area contributed by atoms with E-state index in [4.69, 9.17) is 9.47 Å². The third-order valence-corrected chi connectivity index (χ3v) is 5.68. The topological polar surface area (TPSA) is 64.6 Å². The predicted octanol–water partition coefficient (Wildman–Crippen LogP) is 4.06. The van der Waals surface area contributed by atoms with Crippen LogP contribution in [0.4, 0.5) is 0 Å². The second-order valence-corrected chi connectivity index (χ2v) is 8.16. The first-order chi connectivity index (χ1) is 13.5. The van der Waals surface area contributed by atoms with Crippen LogP contribution in [0.15, 0.2) is 77.7 Å². The lowest BCUT2D eigenvalue weighted by Crippen LogP contribution is -2.23. The fourth-order valence-electron chi connectivity index (χ4n) is 2.66.